The molecule has 0 radical (unpaired) electrons. The van der Waals surface area contributed by atoms with Crippen LogP contribution in [-0.4, -0.2) is 29.1 Å². The van der Waals surface area contributed by atoms with Gasteiger partial charge in [-0.1, -0.05) is 43.7 Å². The summed E-state index contributed by atoms with van der Waals surface area (Å²) < 4.78 is 0. The second kappa shape index (κ2) is 6.77. The molecule has 0 bridgehead atoms. The summed E-state index contributed by atoms with van der Waals surface area (Å²) in [7, 11) is 0. The highest BCUT2D eigenvalue weighted by atomic mass is 16.3. The molecule has 96 valence electrons. The van der Waals surface area contributed by atoms with Gasteiger partial charge in [0.2, 0.25) is 0 Å². The van der Waals surface area contributed by atoms with Crippen molar-refractivity contribution in [2.75, 3.05) is 13.1 Å². The summed E-state index contributed by atoms with van der Waals surface area (Å²) in [5.41, 5.74) is 2.24. The van der Waals surface area contributed by atoms with Crippen LogP contribution >= 0.6 is 0 Å². The van der Waals surface area contributed by atoms with E-state index in [-0.39, 0.29) is 6.10 Å². The summed E-state index contributed by atoms with van der Waals surface area (Å²) >= 11 is 0. The zero-order valence-corrected chi connectivity index (χ0v) is 11.5. The maximum Gasteiger partial charge on any atom is 0.0917 e. The Balaban J connectivity index is 2.64. The van der Waals surface area contributed by atoms with Gasteiger partial charge in [-0.15, -0.1) is 0 Å². The lowest BCUT2D eigenvalue weighted by molar-refractivity contribution is 0.0935. The maximum absolute atomic E-state index is 10.2. The van der Waals surface area contributed by atoms with E-state index in [4.69, 9.17) is 0 Å². The van der Waals surface area contributed by atoms with Crippen LogP contribution in [0.5, 0.6) is 0 Å². The van der Waals surface area contributed by atoms with Gasteiger partial charge in [0.05, 0.1) is 6.10 Å². The summed E-state index contributed by atoms with van der Waals surface area (Å²) in [6.07, 6.45) is 0.735. The molecule has 0 fully saturated rings. The van der Waals surface area contributed by atoms with Crippen LogP contribution in [0.15, 0.2) is 24.3 Å². The van der Waals surface area contributed by atoms with Crippen LogP contribution in [0.25, 0.3) is 0 Å². The van der Waals surface area contributed by atoms with Gasteiger partial charge in [0.15, 0.2) is 0 Å². The Bertz CT molecular complexity index is 320. The average molecular weight is 235 g/mol. The molecule has 0 heterocycles. The van der Waals surface area contributed by atoms with Crippen molar-refractivity contribution in [3.63, 3.8) is 0 Å². The molecule has 1 aromatic carbocycles. The molecule has 0 saturated heterocycles. The molecule has 2 atom stereocenters. The van der Waals surface area contributed by atoms with Crippen LogP contribution in [0, 0.1) is 6.92 Å². The molecule has 0 spiro atoms. The van der Waals surface area contributed by atoms with Gasteiger partial charge in [0, 0.05) is 12.6 Å². The summed E-state index contributed by atoms with van der Waals surface area (Å²) in [6, 6.07) is 8.67. The maximum atomic E-state index is 10.2. The fourth-order valence-corrected chi connectivity index (χ4v) is 2.00. The van der Waals surface area contributed by atoms with Gasteiger partial charge in [0.25, 0.3) is 0 Å². The lowest BCUT2D eigenvalue weighted by Crippen LogP contribution is -2.35. The first kappa shape index (κ1) is 14.2. The number of likely N-dealkylation sites (N-methyl/N-ethyl adjacent to an activating group) is 1. The van der Waals surface area contributed by atoms with Crippen LogP contribution in [0.2, 0.25) is 0 Å². The second-order valence-electron chi connectivity index (χ2n) is 4.77. The van der Waals surface area contributed by atoms with E-state index in [1.54, 1.807) is 0 Å². The van der Waals surface area contributed by atoms with Crippen molar-refractivity contribution in [3.05, 3.63) is 35.4 Å². The number of hydrogen-bond donors (Lipinski definition) is 1. The minimum Gasteiger partial charge on any atom is -0.387 e. The van der Waals surface area contributed by atoms with E-state index in [0.29, 0.717) is 12.6 Å². The highest BCUT2D eigenvalue weighted by Crippen LogP contribution is 2.16. The quantitative estimate of drug-likeness (QED) is 0.818. The van der Waals surface area contributed by atoms with E-state index >= 15 is 0 Å². The number of hydrogen-bond acceptors (Lipinski definition) is 2. The van der Waals surface area contributed by atoms with Gasteiger partial charge in [-0.3, -0.25) is 4.90 Å². The number of aliphatic hydroxyl groups is 1. The Morgan fingerprint density at radius 2 is 1.76 bits per heavy atom. The number of nitrogens with zero attached hydrogens (tertiary/aromatic N) is 1. The highest BCUT2D eigenvalue weighted by Gasteiger charge is 2.15. The van der Waals surface area contributed by atoms with Crippen molar-refractivity contribution >= 4 is 0 Å². The van der Waals surface area contributed by atoms with E-state index in [2.05, 4.69) is 44.7 Å². The summed E-state index contributed by atoms with van der Waals surface area (Å²) in [4.78, 5) is 2.32. The van der Waals surface area contributed by atoms with Crippen molar-refractivity contribution < 1.29 is 5.11 Å². The zero-order chi connectivity index (χ0) is 12.8. The molecule has 0 aliphatic rings. The Labute approximate surface area is 105 Å². The second-order valence-corrected chi connectivity index (χ2v) is 4.77. The molecular formula is C15H25NO. The average Bonchev–Trinajstić information content (AvgIpc) is 2.35. The third-order valence-corrected chi connectivity index (χ3v) is 3.49. The molecule has 2 heteroatoms. The van der Waals surface area contributed by atoms with Crippen LogP contribution < -0.4 is 0 Å². The van der Waals surface area contributed by atoms with Gasteiger partial charge in [-0.2, -0.15) is 0 Å². The molecular weight excluding hydrogens is 210 g/mol. The normalized spacial score (nSPS) is 14.9. The largest absolute Gasteiger partial charge is 0.387 e. The number of aryl methyl sites for hydroxylation is 1. The molecule has 0 amide bonds. The van der Waals surface area contributed by atoms with Crippen LogP contribution in [0.4, 0.5) is 0 Å². The fourth-order valence-electron chi connectivity index (χ4n) is 2.00. The minimum absolute atomic E-state index is 0.385. The van der Waals surface area contributed by atoms with Gasteiger partial charge >= 0.3 is 0 Å². The predicted octanol–water partition coefficient (Wildman–Crippen LogP) is 3.15. The van der Waals surface area contributed by atoms with E-state index in [1.807, 2.05) is 12.1 Å². The molecule has 0 aromatic heterocycles. The van der Waals surface area contributed by atoms with Crippen molar-refractivity contribution in [2.24, 2.45) is 0 Å². The summed E-state index contributed by atoms with van der Waals surface area (Å²) in [5.74, 6) is 0. The third-order valence-electron chi connectivity index (χ3n) is 3.49. The first-order valence-electron chi connectivity index (χ1n) is 6.57. The summed E-state index contributed by atoms with van der Waals surface area (Å²) in [5, 5.41) is 10.2. The molecule has 2 unspecified atom stereocenters. The minimum atomic E-state index is -0.385. The van der Waals surface area contributed by atoms with Gasteiger partial charge in [-0.25, -0.2) is 0 Å². The van der Waals surface area contributed by atoms with E-state index in [0.717, 1.165) is 18.5 Å². The fraction of sp³-hybridized carbons (Fsp3) is 0.600. The predicted molar refractivity (Wildman–Crippen MR) is 73.1 cm³/mol. The van der Waals surface area contributed by atoms with E-state index in [1.165, 1.54) is 5.56 Å². The topological polar surface area (TPSA) is 23.5 Å². The number of benzene rings is 1. The molecule has 2 nitrogen and oxygen atoms in total. The van der Waals surface area contributed by atoms with Crippen LogP contribution in [-0.2, 0) is 0 Å². The Kier molecular flexibility index (Phi) is 5.66. The molecule has 0 aliphatic heterocycles. The van der Waals surface area contributed by atoms with Gasteiger partial charge in [0.1, 0.15) is 0 Å². The molecule has 17 heavy (non-hydrogen) atoms. The highest BCUT2D eigenvalue weighted by molar-refractivity contribution is 5.23. The first-order valence-corrected chi connectivity index (χ1v) is 6.57. The van der Waals surface area contributed by atoms with E-state index < -0.39 is 0 Å². The monoisotopic (exact) mass is 235 g/mol. The molecule has 1 rings (SSSR count). The van der Waals surface area contributed by atoms with Crippen molar-refractivity contribution in [3.8, 4) is 0 Å². The Morgan fingerprint density at radius 3 is 2.24 bits per heavy atom. The van der Waals surface area contributed by atoms with Gasteiger partial charge < -0.3 is 5.11 Å². The first-order chi connectivity index (χ1) is 8.08. The van der Waals surface area contributed by atoms with Gasteiger partial charge in [-0.05, 0) is 32.4 Å². The summed E-state index contributed by atoms with van der Waals surface area (Å²) in [6.45, 7) is 10.3. The van der Waals surface area contributed by atoms with Crippen LogP contribution in [0.1, 0.15) is 44.4 Å². The van der Waals surface area contributed by atoms with Crippen molar-refractivity contribution in [1.29, 1.82) is 0 Å². The molecule has 0 saturated carbocycles. The zero-order valence-electron chi connectivity index (χ0n) is 11.5. The Morgan fingerprint density at radius 1 is 1.18 bits per heavy atom. The lowest BCUT2D eigenvalue weighted by Gasteiger charge is -2.29. The van der Waals surface area contributed by atoms with Crippen molar-refractivity contribution in [1.82, 2.24) is 4.90 Å². The molecule has 1 aromatic rings. The van der Waals surface area contributed by atoms with Crippen molar-refractivity contribution in [2.45, 2.75) is 46.3 Å². The SMILES string of the molecule is CCC(C)N(CC)CC(O)c1ccc(C)cc1. The molecule has 0 aliphatic carbocycles. The smallest absolute Gasteiger partial charge is 0.0917 e. The van der Waals surface area contributed by atoms with Crippen LogP contribution in [0.3, 0.4) is 0 Å². The third kappa shape index (κ3) is 4.14. The van der Waals surface area contributed by atoms with E-state index in [9.17, 15) is 5.11 Å². The number of rotatable bonds is 6. The Hall–Kier alpha value is -0.860. The number of aliphatic hydroxyl groups excluding tert-OH is 1. The standard InChI is InChI=1S/C15H25NO/c1-5-13(4)16(6-2)11-15(17)14-9-7-12(3)8-10-14/h7-10,13,15,17H,5-6,11H2,1-4H3. The lowest BCUT2D eigenvalue weighted by atomic mass is 10.1. The molecule has 1 N–H and O–H groups in total.